The Balaban J connectivity index is 2.58. The molecule has 0 aromatic heterocycles. The predicted octanol–water partition coefficient (Wildman–Crippen LogP) is 1.51. The highest BCUT2D eigenvalue weighted by Gasteiger charge is 1.88. The summed E-state index contributed by atoms with van der Waals surface area (Å²) in [6.07, 6.45) is 5.09. The van der Waals surface area contributed by atoms with Crippen molar-refractivity contribution < 1.29 is 0 Å². The maximum atomic E-state index is 5.49. The Kier molecular flexibility index (Phi) is 4.23. The van der Waals surface area contributed by atoms with Crippen LogP contribution in [0.25, 0.3) is 6.08 Å². The molecule has 0 bridgehead atoms. The summed E-state index contributed by atoms with van der Waals surface area (Å²) in [6.45, 7) is 1.31. The second-order valence-electron chi connectivity index (χ2n) is 2.93. The van der Waals surface area contributed by atoms with Crippen LogP contribution < -0.4 is 11.5 Å². The lowest BCUT2D eigenvalue weighted by molar-refractivity contribution is 1.01. The number of hydrogen-bond donors (Lipinski definition) is 2. The van der Waals surface area contributed by atoms with Crippen LogP contribution in [0.5, 0.6) is 0 Å². The van der Waals surface area contributed by atoms with Gasteiger partial charge in [-0.2, -0.15) is 0 Å². The van der Waals surface area contributed by atoms with Gasteiger partial charge in [0.05, 0.1) is 0 Å². The lowest BCUT2D eigenvalue weighted by Crippen LogP contribution is -1.95. The fourth-order valence-electron chi connectivity index (χ4n) is 1.08. The van der Waals surface area contributed by atoms with Crippen molar-refractivity contribution in [2.45, 2.75) is 13.0 Å². The molecular weight excluding hydrogens is 160 g/mol. The van der Waals surface area contributed by atoms with E-state index in [-0.39, 0.29) is 0 Å². The van der Waals surface area contributed by atoms with E-state index in [4.69, 9.17) is 11.5 Å². The third kappa shape index (κ3) is 3.40. The molecule has 0 amide bonds. The third-order valence-corrected chi connectivity index (χ3v) is 1.86. The Bertz CT molecular complexity index is 262. The van der Waals surface area contributed by atoms with Crippen molar-refractivity contribution in [1.82, 2.24) is 0 Å². The topological polar surface area (TPSA) is 52.0 Å². The number of benzene rings is 1. The highest BCUT2D eigenvalue weighted by atomic mass is 14.5. The normalized spacial score (nSPS) is 10.9. The van der Waals surface area contributed by atoms with Gasteiger partial charge in [-0.1, -0.05) is 36.4 Å². The standard InChI is InChI=1S/C11H16N2/c12-8-2-1-3-10-4-6-11(9-13)7-5-10/h1,3-7H,2,8-9,12-13H2. The van der Waals surface area contributed by atoms with Gasteiger partial charge in [-0.25, -0.2) is 0 Å². The van der Waals surface area contributed by atoms with Gasteiger partial charge in [0.2, 0.25) is 0 Å². The van der Waals surface area contributed by atoms with E-state index in [1.807, 2.05) is 12.1 Å². The molecule has 1 aromatic rings. The first-order chi connectivity index (χ1) is 6.36. The highest BCUT2D eigenvalue weighted by Crippen LogP contribution is 2.05. The predicted molar refractivity (Wildman–Crippen MR) is 57.0 cm³/mol. The molecule has 0 fully saturated rings. The molecule has 70 valence electrons. The Morgan fingerprint density at radius 1 is 1.08 bits per heavy atom. The molecule has 0 atom stereocenters. The van der Waals surface area contributed by atoms with Crippen LogP contribution in [-0.4, -0.2) is 6.54 Å². The molecule has 0 heterocycles. The Morgan fingerprint density at radius 3 is 2.31 bits per heavy atom. The average Bonchev–Trinajstić information content (AvgIpc) is 2.19. The van der Waals surface area contributed by atoms with E-state index in [1.54, 1.807) is 0 Å². The maximum absolute atomic E-state index is 5.49. The van der Waals surface area contributed by atoms with Crippen molar-refractivity contribution in [3.05, 3.63) is 41.5 Å². The zero-order valence-corrected chi connectivity index (χ0v) is 7.74. The van der Waals surface area contributed by atoms with Crippen LogP contribution in [0, 0.1) is 0 Å². The summed E-state index contributed by atoms with van der Waals surface area (Å²) in [7, 11) is 0. The average molecular weight is 176 g/mol. The van der Waals surface area contributed by atoms with Gasteiger partial charge in [0.1, 0.15) is 0 Å². The largest absolute Gasteiger partial charge is 0.330 e. The molecule has 2 heteroatoms. The van der Waals surface area contributed by atoms with Gasteiger partial charge < -0.3 is 11.5 Å². The van der Waals surface area contributed by atoms with Crippen LogP contribution in [-0.2, 0) is 6.54 Å². The van der Waals surface area contributed by atoms with Gasteiger partial charge in [0, 0.05) is 6.54 Å². The van der Waals surface area contributed by atoms with Crippen molar-refractivity contribution in [3.63, 3.8) is 0 Å². The summed E-state index contributed by atoms with van der Waals surface area (Å²) in [5.41, 5.74) is 13.2. The minimum Gasteiger partial charge on any atom is -0.330 e. The molecule has 4 N–H and O–H groups in total. The zero-order valence-electron chi connectivity index (χ0n) is 7.74. The van der Waals surface area contributed by atoms with Gasteiger partial charge in [-0.15, -0.1) is 0 Å². The summed E-state index contributed by atoms with van der Waals surface area (Å²) >= 11 is 0. The van der Waals surface area contributed by atoms with Crippen molar-refractivity contribution in [3.8, 4) is 0 Å². The molecule has 0 aliphatic rings. The Morgan fingerprint density at radius 2 is 1.77 bits per heavy atom. The first-order valence-corrected chi connectivity index (χ1v) is 4.52. The van der Waals surface area contributed by atoms with Crippen LogP contribution in [0.1, 0.15) is 17.5 Å². The molecule has 0 aliphatic carbocycles. The van der Waals surface area contributed by atoms with E-state index in [9.17, 15) is 0 Å². The molecule has 1 aromatic carbocycles. The van der Waals surface area contributed by atoms with E-state index in [0.717, 1.165) is 12.0 Å². The van der Waals surface area contributed by atoms with Crippen LogP contribution in [0.15, 0.2) is 30.3 Å². The second kappa shape index (κ2) is 5.51. The molecule has 0 unspecified atom stereocenters. The molecule has 2 nitrogen and oxygen atoms in total. The fourth-order valence-corrected chi connectivity index (χ4v) is 1.08. The van der Waals surface area contributed by atoms with Gasteiger partial charge in [-0.05, 0) is 24.1 Å². The third-order valence-electron chi connectivity index (χ3n) is 1.86. The smallest absolute Gasteiger partial charge is 0.0178 e. The minimum absolute atomic E-state index is 0.604. The first-order valence-electron chi connectivity index (χ1n) is 4.52. The van der Waals surface area contributed by atoms with Crippen molar-refractivity contribution in [2.75, 3.05) is 6.54 Å². The van der Waals surface area contributed by atoms with E-state index >= 15 is 0 Å². The molecule has 0 radical (unpaired) electrons. The number of hydrogen-bond acceptors (Lipinski definition) is 2. The Hall–Kier alpha value is -1.12. The van der Waals surface area contributed by atoms with Crippen LogP contribution in [0.2, 0.25) is 0 Å². The molecule has 13 heavy (non-hydrogen) atoms. The molecule has 0 spiro atoms. The van der Waals surface area contributed by atoms with E-state index < -0.39 is 0 Å². The SMILES string of the molecule is NCCC=Cc1ccc(CN)cc1. The summed E-state index contributed by atoms with van der Waals surface area (Å²) in [6, 6.07) is 8.22. The lowest BCUT2D eigenvalue weighted by atomic mass is 10.1. The van der Waals surface area contributed by atoms with Gasteiger partial charge in [0.15, 0.2) is 0 Å². The molecule has 0 saturated carbocycles. The first kappa shape index (κ1) is 9.96. The lowest BCUT2D eigenvalue weighted by Gasteiger charge is -1.96. The fraction of sp³-hybridized carbons (Fsp3) is 0.273. The summed E-state index contributed by atoms with van der Waals surface area (Å²) in [4.78, 5) is 0. The zero-order chi connectivity index (χ0) is 9.52. The van der Waals surface area contributed by atoms with E-state index in [0.29, 0.717) is 13.1 Å². The quantitative estimate of drug-likeness (QED) is 0.730. The van der Waals surface area contributed by atoms with Crippen molar-refractivity contribution in [1.29, 1.82) is 0 Å². The van der Waals surface area contributed by atoms with E-state index in [2.05, 4.69) is 24.3 Å². The number of nitrogens with two attached hydrogens (primary N) is 2. The minimum atomic E-state index is 0.604. The van der Waals surface area contributed by atoms with Crippen molar-refractivity contribution >= 4 is 6.08 Å². The molecular formula is C11H16N2. The molecule has 1 rings (SSSR count). The van der Waals surface area contributed by atoms with Gasteiger partial charge >= 0.3 is 0 Å². The Labute approximate surface area is 79.2 Å². The van der Waals surface area contributed by atoms with Crippen molar-refractivity contribution in [2.24, 2.45) is 11.5 Å². The monoisotopic (exact) mass is 176 g/mol. The highest BCUT2D eigenvalue weighted by molar-refractivity contribution is 5.49. The van der Waals surface area contributed by atoms with Gasteiger partial charge in [0.25, 0.3) is 0 Å². The van der Waals surface area contributed by atoms with Crippen LogP contribution >= 0.6 is 0 Å². The summed E-state index contributed by atoms with van der Waals surface area (Å²) in [5, 5.41) is 0. The summed E-state index contributed by atoms with van der Waals surface area (Å²) in [5.74, 6) is 0. The summed E-state index contributed by atoms with van der Waals surface area (Å²) < 4.78 is 0. The van der Waals surface area contributed by atoms with Crippen LogP contribution in [0.3, 0.4) is 0 Å². The maximum Gasteiger partial charge on any atom is 0.0178 e. The van der Waals surface area contributed by atoms with Gasteiger partial charge in [-0.3, -0.25) is 0 Å². The van der Waals surface area contributed by atoms with Crippen LogP contribution in [0.4, 0.5) is 0 Å². The number of rotatable bonds is 4. The van der Waals surface area contributed by atoms with E-state index in [1.165, 1.54) is 5.56 Å². The molecule has 0 aliphatic heterocycles. The second-order valence-corrected chi connectivity index (χ2v) is 2.93. The molecule has 0 saturated heterocycles.